The molecule has 1 N–H and O–H groups in total. The van der Waals surface area contributed by atoms with Crippen LogP contribution in [0.2, 0.25) is 0 Å². The van der Waals surface area contributed by atoms with Gasteiger partial charge in [0.2, 0.25) is 0 Å². The average molecular weight is 258 g/mol. The summed E-state index contributed by atoms with van der Waals surface area (Å²) in [5.41, 5.74) is 1.15. The van der Waals surface area contributed by atoms with Crippen LogP contribution in [-0.4, -0.2) is 23.8 Å². The smallest absolute Gasteiger partial charge is 0.120 e. The van der Waals surface area contributed by atoms with E-state index in [0.29, 0.717) is 5.84 Å². The molecule has 104 valence electrons. The number of hydrogen-bond acceptors (Lipinski definition) is 1. The second-order valence-electron chi connectivity index (χ2n) is 4.82. The number of hydrogen-bond donors (Lipinski definition) is 1. The van der Waals surface area contributed by atoms with Gasteiger partial charge in [0.05, 0.1) is 0 Å². The largest absolute Gasteiger partial charge is 0.357 e. The Morgan fingerprint density at radius 2 is 1.63 bits per heavy atom. The van der Waals surface area contributed by atoms with E-state index in [0.717, 1.165) is 31.5 Å². The fourth-order valence-corrected chi connectivity index (χ4v) is 1.90. The van der Waals surface area contributed by atoms with Crippen molar-refractivity contribution in [3.8, 4) is 0 Å². The van der Waals surface area contributed by atoms with E-state index in [-0.39, 0.29) is 0 Å². The lowest BCUT2D eigenvalue weighted by Crippen LogP contribution is -2.30. The average Bonchev–Trinajstić information content (AvgIpc) is 2.46. The van der Waals surface area contributed by atoms with E-state index in [4.69, 9.17) is 5.41 Å². The summed E-state index contributed by atoms with van der Waals surface area (Å²) in [5.74, 6) is 0.630. The molecule has 0 aliphatic heterocycles. The topological polar surface area (TPSA) is 27.1 Å². The van der Waals surface area contributed by atoms with Crippen molar-refractivity contribution in [1.29, 1.82) is 5.41 Å². The van der Waals surface area contributed by atoms with E-state index in [1.165, 1.54) is 12.8 Å². The molecule has 1 aromatic carbocycles. The van der Waals surface area contributed by atoms with Crippen LogP contribution in [0, 0.1) is 5.41 Å². The first-order chi connectivity index (χ1) is 9.27. The van der Waals surface area contributed by atoms with Crippen molar-refractivity contribution < 1.29 is 0 Å². The predicted molar refractivity (Wildman–Crippen MR) is 84.6 cm³/mol. The van der Waals surface area contributed by atoms with Crippen LogP contribution in [0.15, 0.2) is 36.4 Å². The van der Waals surface area contributed by atoms with Crippen molar-refractivity contribution in [2.45, 2.75) is 39.5 Å². The zero-order chi connectivity index (χ0) is 13.9. The van der Waals surface area contributed by atoms with E-state index in [2.05, 4.69) is 30.9 Å². The van der Waals surface area contributed by atoms with Crippen LogP contribution in [0.25, 0.3) is 6.08 Å². The highest BCUT2D eigenvalue weighted by atomic mass is 15.2. The van der Waals surface area contributed by atoms with Gasteiger partial charge in [0, 0.05) is 13.1 Å². The first-order valence-electron chi connectivity index (χ1n) is 7.34. The third kappa shape index (κ3) is 6.23. The zero-order valence-electron chi connectivity index (χ0n) is 12.2. The number of amidine groups is 1. The Balaban J connectivity index is 2.57. The third-order valence-electron chi connectivity index (χ3n) is 3.14. The monoisotopic (exact) mass is 258 g/mol. The van der Waals surface area contributed by atoms with Crippen LogP contribution in [0.1, 0.15) is 45.1 Å². The van der Waals surface area contributed by atoms with Crippen LogP contribution in [-0.2, 0) is 0 Å². The number of unbranched alkanes of at least 4 members (excludes halogenated alkanes) is 2. The summed E-state index contributed by atoms with van der Waals surface area (Å²) in [4.78, 5) is 2.19. The molecule has 0 atom stereocenters. The Labute approximate surface area is 117 Å². The molecule has 0 saturated carbocycles. The van der Waals surface area contributed by atoms with Crippen LogP contribution >= 0.6 is 0 Å². The van der Waals surface area contributed by atoms with Gasteiger partial charge in [0.25, 0.3) is 0 Å². The molecular weight excluding hydrogens is 232 g/mol. The SMILES string of the molecule is CCCCN(CCCC)C(=N)/C=C\c1ccccc1. The highest BCUT2D eigenvalue weighted by Crippen LogP contribution is 2.05. The summed E-state index contributed by atoms with van der Waals surface area (Å²) in [6.45, 7) is 6.38. The third-order valence-corrected chi connectivity index (χ3v) is 3.14. The highest BCUT2D eigenvalue weighted by molar-refractivity contribution is 5.94. The van der Waals surface area contributed by atoms with E-state index in [1.54, 1.807) is 0 Å². The maximum atomic E-state index is 8.19. The van der Waals surface area contributed by atoms with E-state index in [1.807, 2.05) is 30.4 Å². The molecule has 2 heteroatoms. The summed E-state index contributed by atoms with van der Waals surface area (Å²) in [6.07, 6.45) is 8.61. The molecule has 0 aliphatic carbocycles. The Morgan fingerprint density at radius 3 is 2.16 bits per heavy atom. The van der Waals surface area contributed by atoms with Gasteiger partial charge in [0.1, 0.15) is 5.84 Å². The molecule has 1 rings (SSSR count). The normalized spacial score (nSPS) is 10.8. The standard InChI is InChI=1S/C17H26N2/c1-3-5-14-19(15-6-4-2)17(18)13-12-16-10-8-7-9-11-16/h7-13,18H,3-6,14-15H2,1-2H3/b13-12-,18-17?. The molecule has 0 amide bonds. The van der Waals surface area contributed by atoms with Gasteiger partial charge >= 0.3 is 0 Å². The Bertz CT molecular complexity index is 374. The van der Waals surface area contributed by atoms with Gasteiger partial charge < -0.3 is 4.90 Å². The van der Waals surface area contributed by atoms with Gasteiger partial charge in [-0.25, -0.2) is 0 Å². The lowest BCUT2D eigenvalue weighted by Gasteiger charge is -2.23. The number of nitrogens with zero attached hydrogens (tertiary/aromatic N) is 1. The van der Waals surface area contributed by atoms with Crippen LogP contribution < -0.4 is 0 Å². The predicted octanol–water partition coefficient (Wildman–Crippen LogP) is 4.58. The molecule has 2 nitrogen and oxygen atoms in total. The molecule has 0 heterocycles. The summed E-state index contributed by atoms with van der Waals surface area (Å²) >= 11 is 0. The molecule has 0 saturated heterocycles. The molecule has 0 aromatic heterocycles. The van der Waals surface area contributed by atoms with Gasteiger partial charge in [-0.3, -0.25) is 5.41 Å². The first-order valence-corrected chi connectivity index (χ1v) is 7.34. The fourth-order valence-electron chi connectivity index (χ4n) is 1.90. The molecule has 0 spiro atoms. The molecular formula is C17H26N2. The van der Waals surface area contributed by atoms with Gasteiger partial charge in [-0.15, -0.1) is 0 Å². The summed E-state index contributed by atoms with van der Waals surface area (Å²) < 4.78 is 0. The molecule has 0 unspecified atom stereocenters. The number of rotatable bonds is 8. The van der Waals surface area contributed by atoms with Crippen LogP contribution in [0.5, 0.6) is 0 Å². The molecule has 1 aromatic rings. The van der Waals surface area contributed by atoms with Crippen molar-refractivity contribution in [2.24, 2.45) is 0 Å². The minimum Gasteiger partial charge on any atom is -0.357 e. The van der Waals surface area contributed by atoms with E-state index < -0.39 is 0 Å². The molecule has 0 fully saturated rings. The van der Waals surface area contributed by atoms with Gasteiger partial charge in [0.15, 0.2) is 0 Å². The van der Waals surface area contributed by atoms with Crippen molar-refractivity contribution in [2.75, 3.05) is 13.1 Å². The first kappa shape index (κ1) is 15.5. The van der Waals surface area contributed by atoms with E-state index in [9.17, 15) is 0 Å². The van der Waals surface area contributed by atoms with Gasteiger partial charge in [-0.1, -0.05) is 63.1 Å². The van der Waals surface area contributed by atoms with Crippen LogP contribution in [0.3, 0.4) is 0 Å². The summed E-state index contributed by atoms with van der Waals surface area (Å²) in [5, 5.41) is 8.19. The van der Waals surface area contributed by atoms with E-state index >= 15 is 0 Å². The second kappa shape index (κ2) is 9.37. The van der Waals surface area contributed by atoms with Crippen molar-refractivity contribution in [3.63, 3.8) is 0 Å². The quantitative estimate of drug-likeness (QED) is 0.536. The van der Waals surface area contributed by atoms with Crippen molar-refractivity contribution >= 4 is 11.9 Å². The lowest BCUT2D eigenvalue weighted by molar-refractivity contribution is 0.398. The van der Waals surface area contributed by atoms with Gasteiger partial charge in [-0.2, -0.15) is 0 Å². The fraction of sp³-hybridized carbons (Fsp3) is 0.471. The maximum absolute atomic E-state index is 8.19. The minimum absolute atomic E-state index is 0.630. The molecule has 0 aliphatic rings. The Kier molecular flexibility index (Phi) is 7.64. The second-order valence-corrected chi connectivity index (χ2v) is 4.82. The van der Waals surface area contributed by atoms with Crippen molar-refractivity contribution in [3.05, 3.63) is 42.0 Å². The maximum Gasteiger partial charge on any atom is 0.120 e. The Hall–Kier alpha value is -1.57. The lowest BCUT2D eigenvalue weighted by atomic mass is 10.2. The number of nitrogens with one attached hydrogen (secondary N) is 1. The molecule has 0 radical (unpaired) electrons. The zero-order valence-corrected chi connectivity index (χ0v) is 12.2. The Morgan fingerprint density at radius 1 is 1.05 bits per heavy atom. The van der Waals surface area contributed by atoms with Gasteiger partial charge in [-0.05, 0) is 24.5 Å². The summed E-state index contributed by atoms with van der Waals surface area (Å²) in [6, 6.07) is 10.2. The number of benzene rings is 1. The molecule has 0 bridgehead atoms. The highest BCUT2D eigenvalue weighted by Gasteiger charge is 2.05. The summed E-state index contributed by atoms with van der Waals surface area (Å²) in [7, 11) is 0. The molecule has 19 heavy (non-hydrogen) atoms. The van der Waals surface area contributed by atoms with Crippen LogP contribution in [0.4, 0.5) is 0 Å². The minimum atomic E-state index is 0.630. The van der Waals surface area contributed by atoms with Crippen molar-refractivity contribution in [1.82, 2.24) is 4.90 Å².